The summed E-state index contributed by atoms with van der Waals surface area (Å²) in [5, 5.41) is 5.64. The predicted octanol–water partition coefficient (Wildman–Crippen LogP) is 4.00. The molecule has 0 amide bonds. The van der Waals surface area contributed by atoms with E-state index >= 15 is 0 Å². The van der Waals surface area contributed by atoms with E-state index in [1.807, 2.05) is 32.3 Å². The summed E-state index contributed by atoms with van der Waals surface area (Å²) in [6, 6.07) is 10.9. The summed E-state index contributed by atoms with van der Waals surface area (Å²) >= 11 is 0. The zero-order valence-corrected chi connectivity index (χ0v) is 13.3. The van der Waals surface area contributed by atoms with E-state index in [1.165, 1.54) is 5.56 Å². The molecule has 4 nitrogen and oxygen atoms in total. The van der Waals surface area contributed by atoms with Crippen LogP contribution in [0.15, 0.2) is 42.7 Å². The van der Waals surface area contributed by atoms with Gasteiger partial charge in [0.25, 0.3) is 0 Å². The number of aryl methyl sites for hydroxylation is 1. The molecule has 3 heterocycles. The lowest BCUT2D eigenvalue weighted by Gasteiger charge is -2.26. The molecule has 0 N–H and O–H groups in total. The fraction of sp³-hybridized carbons (Fsp3) is 0.333. The molecule has 1 saturated heterocycles. The lowest BCUT2D eigenvalue weighted by molar-refractivity contribution is -0.0266. The number of fused-ring (bicyclic) bond motifs is 1. The molecule has 0 saturated carbocycles. The summed E-state index contributed by atoms with van der Waals surface area (Å²) in [5.41, 5.74) is 4.52. The van der Waals surface area contributed by atoms with E-state index in [4.69, 9.17) is 4.74 Å². The van der Waals surface area contributed by atoms with Gasteiger partial charge in [0, 0.05) is 17.1 Å². The molecule has 0 bridgehead atoms. The molecule has 3 aromatic rings. The van der Waals surface area contributed by atoms with E-state index in [2.05, 4.69) is 46.0 Å². The molecule has 0 aliphatic carbocycles. The second-order valence-electron chi connectivity index (χ2n) is 5.27. The van der Waals surface area contributed by atoms with Gasteiger partial charge in [-0.2, -0.15) is 5.10 Å². The smallest absolute Gasteiger partial charge is 0.0992 e. The van der Waals surface area contributed by atoms with E-state index in [0.29, 0.717) is 6.04 Å². The fourth-order valence-electron chi connectivity index (χ4n) is 2.56. The maximum Gasteiger partial charge on any atom is 0.0992 e. The Morgan fingerprint density at radius 1 is 1.14 bits per heavy atom. The minimum atomic E-state index is 0.385. The van der Waals surface area contributed by atoms with Crippen molar-refractivity contribution in [3.63, 3.8) is 0 Å². The zero-order valence-electron chi connectivity index (χ0n) is 13.3. The lowest BCUT2D eigenvalue weighted by Crippen LogP contribution is -2.31. The highest BCUT2D eigenvalue weighted by molar-refractivity contribution is 5.84. The Hall–Kier alpha value is -2.20. The third-order valence-corrected chi connectivity index (χ3v) is 3.77. The maximum absolute atomic E-state index is 5.24. The molecule has 114 valence electrons. The van der Waals surface area contributed by atoms with Crippen LogP contribution in [0.3, 0.4) is 0 Å². The van der Waals surface area contributed by atoms with Crippen LogP contribution in [-0.4, -0.2) is 28.0 Å². The van der Waals surface area contributed by atoms with Gasteiger partial charge in [-0.05, 0) is 36.8 Å². The minimum Gasteiger partial charge on any atom is -0.377 e. The van der Waals surface area contributed by atoms with Crippen LogP contribution < -0.4 is 0 Å². The molecular formula is C18H21N3O. The third-order valence-electron chi connectivity index (χ3n) is 3.77. The van der Waals surface area contributed by atoms with Crippen molar-refractivity contribution < 1.29 is 4.74 Å². The number of ether oxygens (including phenoxy) is 1. The molecule has 22 heavy (non-hydrogen) atoms. The Balaban J connectivity index is 0.000000693. The maximum atomic E-state index is 5.24. The van der Waals surface area contributed by atoms with Crippen molar-refractivity contribution in [3.05, 3.63) is 48.3 Å². The van der Waals surface area contributed by atoms with Crippen LogP contribution in [0.2, 0.25) is 0 Å². The van der Waals surface area contributed by atoms with Crippen LogP contribution in [0.5, 0.6) is 0 Å². The minimum absolute atomic E-state index is 0.385. The summed E-state index contributed by atoms with van der Waals surface area (Å²) in [5.74, 6) is 0. The van der Waals surface area contributed by atoms with Gasteiger partial charge in [0.1, 0.15) is 0 Å². The van der Waals surface area contributed by atoms with Gasteiger partial charge in [-0.3, -0.25) is 9.67 Å². The van der Waals surface area contributed by atoms with Gasteiger partial charge in [0.05, 0.1) is 36.7 Å². The van der Waals surface area contributed by atoms with Gasteiger partial charge < -0.3 is 4.74 Å². The van der Waals surface area contributed by atoms with E-state index < -0.39 is 0 Å². The highest BCUT2D eigenvalue weighted by Gasteiger charge is 2.22. The van der Waals surface area contributed by atoms with E-state index in [1.54, 1.807) is 0 Å². The average molecular weight is 295 g/mol. The van der Waals surface area contributed by atoms with Crippen molar-refractivity contribution in [1.82, 2.24) is 14.8 Å². The van der Waals surface area contributed by atoms with E-state index in [-0.39, 0.29) is 0 Å². The number of pyridine rings is 1. The molecule has 4 rings (SSSR count). The number of nitrogens with zero attached hydrogens (tertiary/aromatic N) is 3. The molecule has 4 heteroatoms. The van der Waals surface area contributed by atoms with Crippen molar-refractivity contribution in [2.75, 3.05) is 13.2 Å². The largest absolute Gasteiger partial charge is 0.377 e. The molecule has 0 unspecified atom stereocenters. The first-order valence-corrected chi connectivity index (χ1v) is 7.79. The number of benzene rings is 1. The summed E-state index contributed by atoms with van der Waals surface area (Å²) in [6.45, 7) is 7.61. The van der Waals surface area contributed by atoms with Gasteiger partial charge in [0.15, 0.2) is 0 Å². The Morgan fingerprint density at radius 2 is 1.95 bits per heavy atom. The normalized spacial score (nSPS) is 14.3. The summed E-state index contributed by atoms with van der Waals surface area (Å²) in [4.78, 5) is 4.44. The molecule has 1 aliphatic rings. The Kier molecular flexibility index (Phi) is 4.20. The zero-order chi connectivity index (χ0) is 15.5. The highest BCUT2D eigenvalue weighted by Crippen LogP contribution is 2.27. The Morgan fingerprint density at radius 3 is 2.64 bits per heavy atom. The molecule has 0 radical (unpaired) electrons. The second kappa shape index (κ2) is 6.28. The monoisotopic (exact) mass is 295 g/mol. The number of rotatable bonds is 2. The predicted molar refractivity (Wildman–Crippen MR) is 88.9 cm³/mol. The molecule has 1 fully saturated rings. The van der Waals surface area contributed by atoms with Gasteiger partial charge >= 0.3 is 0 Å². The van der Waals surface area contributed by atoms with Gasteiger partial charge in [-0.1, -0.05) is 19.9 Å². The Labute approximate surface area is 130 Å². The molecule has 0 atom stereocenters. The molecule has 0 spiro atoms. The third kappa shape index (κ3) is 2.62. The average Bonchev–Trinajstić information content (AvgIpc) is 2.91. The fourth-order valence-corrected chi connectivity index (χ4v) is 2.56. The van der Waals surface area contributed by atoms with E-state index in [0.717, 1.165) is 35.4 Å². The SMILES string of the molecule is CC.Cc1ccnc(-c2ccc3c(cnn3C3COC3)c2)c1. The summed E-state index contributed by atoms with van der Waals surface area (Å²) in [6.07, 6.45) is 3.77. The summed E-state index contributed by atoms with van der Waals surface area (Å²) < 4.78 is 7.30. The standard InChI is InChI=1S/C16H15N3O.C2H6/c1-11-4-5-17-15(6-11)12-2-3-16-13(7-12)8-18-19(16)14-9-20-10-14;1-2/h2-8,14H,9-10H2,1H3;1-2H3. The lowest BCUT2D eigenvalue weighted by atomic mass is 10.1. The summed E-state index contributed by atoms with van der Waals surface area (Å²) in [7, 11) is 0. The first kappa shape index (κ1) is 14.7. The molecule has 1 aliphatic heterocycles. The second-order valence-corrected chi connectivity index (χ2v) is 5.27. The first-order valence-electron chi connectivity index (χ1n) is 7.79. The van der Waals surface area contributed by atoms with Crippen molar-refractivity contribution in [2.45, 2.75) is 26.8 Å². The van der Waals surface area contributed by atoms with Crippen LogP contribution in [-0.2, 0) is 4.74 Å². The molecule has 1 aromatic carbocycles. The van der Waals surface area contributed by atoms with Crippen LogP contribution in [0.4, 0.5) is 0 Å². The van der Waals surface area contributed by atoms with Crippen molar-refractivity contribution in [3.8, 4) is 11.3 Å². The van der Waals surface area contributed by atoms with Crippen molar-refractivity contribution in [1.29, 1.82) is 0 Å². The number of hydrogen-bond acceptors (Lipinski definition) is 3. The quantitative estimate of drug-likeness (QED) is 0.717. The first-order chi connectivity index (χ1) is 10.8. The van der Waals surface area contributed by atoms with Gasteiger partial charge in [-0.15, -0.1) is 0 Å². The van der Waals surface area contributed by atoms with Gasteiger partial charge in [0.2, 0.25) is 0 Å². The molecule has 2 aromatic heterocycles. The van der Waals surface area contributed by atoms with Crippen LogP contribution >= 0.6 is 0 Å². The topological polar surface area (TPSA) is 39.9 Å². The van der Waals surface area contributed by atoms with Crippen LogP contribution in [0.1, 0.15) is 25.5 Å². The van der Waals surface area contributed by atoms with Crippen molar-refractivity contribution in [2.24, 2.45) is 0 Å². The van der Waals surface area contributed by atoms with E-state index in [9.17, 15) is 0 Å². The Bertz CT molecular complexity index is 775. The number of hydrogen-bond donors (Lipinski definition) is 0. The van der Waals surface area contributed by atoms with Crippen molar-refractivity contribution >= 4 is 10.9 Å². The van der Waals surface area contributed by atoms with Crippen LogP contribution in [0, 0.1) is 6.92 Å². The van der Waals surface area contributed by atoms with Gasteiger partial charge in [-0.25, -0.2) is 0 Å². The van der Waals surface area contributed by atoms with Crippen LogP contribution in [0.25, 0.3) is 22.2 Å². The highest BCUT2D eigenvalue weighted by atomic mass is 16.5. The number of aromatic nitrogens is 3. The molecular weight excluding hydrogens is 274 g/mol.